The molecule has 0 bridgehead atoms. The van der Waals surface area contributed by atoms with Crippen LogP contribution in [-0.2, 0) is 14.3 Å². The van der Waals surface area contributed by atoms with Crippen molar-refractivity contribution >= 4 is 17.5 Å². The van der Waals surface area contributed by atoms with E-state index in [4.69, 9.17) is 4.74 Å². The minimum Gasteiger partial charge on any atom is -0.383 e. The predicted molar refractivity (Wildman–Crippen MR) is 96.2 cm³/mol. The number of ether oxygens (including phenoxy) is 1. The number of halogens is 1. The van der Waals surface area contributed by atoms with Crippen LogP contribution in [0.3, 0.4) is 0 Å². The number of nitrogens with zero attached hydrogens (tertiary/aromatic N) is 1. The first kappa shape index (κ1) is 18.6. The number of rotatable bonds is 7. The van der Waals surface area contributed by atoms with Crippen molar-refractivity contribution in [2.45, 2.75) is 31.2 Å². The van der Waals surface area contributed by atoms with Gasteiger partial charge >= 0.3 is 0 Å². The lowest BCUT2D eigenvalue weighted by Gasteiger charge is -2.32. The molecule has 1 atom stereocenters. The quantitative estimate of drug-likeness (QED) is 0.725. The minimum absolute atomic E-state index is 0.0940. The third-order valence-corrected chi connectivity index (χ3v) is 5.27. The molecule has 1 aliphatic heterocycles. The van der Waals surface area contributed by atoms with Gasteiger partial charge in [0.05, 0.1) is 13.2 Å². The van der Waals surface area contributed by atoms with E-state index in [1.54, 1.807) is 24.1 Å². The zero-order valence-electron chi connectivity index (χ0n) is 15.1. The maximum Gasteiger partial charge on any atom is 0.247 e. The maximum absolute atomic E-state index is 13.6. The van der Waals surface area contributed by atoms with E-state index in [0.717, 1.165) is 19.3 Å². The van der Waals surface area contributed by atoms with E-state index in [1.165, 1.54) is 12.1 Å². The highest BCUT2D eigenvalue weighted by Crippen LogP contribution is 2.33. The summed E-state index contributed by atoms with van der Waals surface area (Å²) in [6.45, 7) is 1.61. The lowest BCUT2D eigenvalue weighted by atomic mass is 9.84. The van der Waals surface area contributed by atoms with Crippen LogP contribution < -0.4 is 10.6 Å². The maximum atomic E-state index is 13.6. The highest BCUT2D eigenvalue weighted by atomic mass is 19.1. The summed E-state index contributed by atoms with van der Waals surface area (Å²) < 4.78 is 18.5. The number of hydrogen-bond acceptors (Lipinski definition) is 4. The lowest BCUT2D eigenvalue weighted by Crippen LogP contribution is -2.55. The molecule has 6 nitrogen and oxygen atoms in total. The van der Waals surface area contributed by atoms with Crippen molar-refractivity contribution in [1.82, 2.24) is 10.2 Å². The van der Waals surface area contributed by atoms with Gasteiger partial charge in [0.15, 0.2) is 0 Å². The van der Waals surface area contributed by atoms with Crippen LogP contribution in [0.15, 0.2) is 24.3 Å². The van der Waals surface area contributed by atoms with Crippen LogP contribution in [0, 0.1) is 11.7 Å². The Labute approximate surface area is 153 Å². The van der Waals surface area contributed by atoms with Crippen molar-refractivity contribution in [2.75, 3.05) is 38.7 Å². The van der Waals surface area contributed by atoms with Crippen LogP contribution in [0.25, 0.3) is 0 Å². The molecule has 1 unspecified atom stereocenters. The number of nitrogens with one attached hydrogen (secondary N) is 2. The summed E-state index contributed by atoms with van der Waals surface area (Å²) >= 11 is 0. The molecule has 2 aliphatic rings. The van der Waals surface area contributed by atoms with Gasteiger partial charge in [-0.2, -0.15) is 0 Å². The highest BCUT2D eigenvalue weighted by molar-refractivity contribution is 5.92. The summed E-state index contributed by atoms with van der Waals surface area (Å²) in [5, 5.41) is 6.05. The summed E-state index contributed by atoms with van der Waals surface area (Å²) in [5.74, 6) is -0.339. The number of likely N-dealkylation sites (tertiary alicyclic amines) is 1. The molecule has 26 heavy (non-hydrogen) atoms. The molecule has 3 rings (SSSR count). The lowest BCUT2D eigenvalue weighted by molar-refractivity contribution is -0.137. The number of hydrogen-bond donors (Lipinski definition) is 2. The molecule has 2 fully saturated rings. The molecule has 2 amide bonds. The third kappa shape index (κ3) is 3.98. The molecule has 1 aliphatic carbocycles. The first-order valence-electron chi connectivity index (χ1n) is 9.14. The van der Waals surface area contributed by atoms with Crippen LogP contribution in [0.4, 0.5) is 10.1 Å². The molecule has 1 aromatic carbocycles. The molecule has 0 spiro atoms. The Balaban J connectivity index is 1.75. The first-order chi connectivity index (χ1) is 12.5. The van der Waals surface area contributed by atoms with Gasteiger partial charge < -0.3 is 20.3 Å². The summed E-state index contributed by atoms with van der Waals surface area (Å²) in [6.07, 6.45) is 3.44. The fraction of sp³-hybridized carbons (Fsp3) is 0.579. The molecule has 1 saturated heterocycles. The van der Waals surface area contributed by atoms with E-state index in [-0.39, 0.29) is 30.1 Å². The van der Waals surface area contributed by atoms with E-state index >= 15 is 0 Å². The van der Waals surface area contributed by atoms with E-state index in [9.17, 15) is 14.0 Å². The van der Waals surface area contributed by atoms with Crippen molar-refractivity contribution in [2.24, 2.45) is 5.92 Å². The Kier molecular flexibility index (Phi) is 5.76. The van der Waals surface area contributed by atoms with Gasteiger partial charge in [0, 0.05) is 31.8 Å². The number of methoxy groups -OCH3 is 1. The number of amides is 2. The van der Waals surface area contributed by atoms with Gasteiger partial charge in [-0.15, -0.1) is 0 Å². The smallest absolute Gasteiger partial charge is 0.247 e. The van der Waals surface area contributed by atoms with Crippen molar-refractivity contribution in [3.05, 3.63) is 30.1 Å². The molecule has 1 saturated carbocycles. The van der Waals surface area contributed by atoms with Crippen LogP contribution >= 0.6 is 0 Å². The topological polar surface area (TPSA) is 70.7 Å². The molecule has 7 heteroatoms. The van der Waals surface area contributed by atoms with Crippen molar-refractivity contribution in [3.8, 4) is 0 Å². The largest absolute Gasteiger partial charge is 0.383 e. The Hall–Kier alpha value is -2.15. The molecule has 1 heterocycles. The second-order valence-electron chi connectivity index (χ2n) is 7.10. The van der Waals surface area contributed by atoms with E-state index in [1.807, 2.05) is 0 Å². The predicted octanol–water partition coefficient (Wildman–Crippen LogP) is 1.77. The molecular formula is C19H26FN3O3. The van der Waals surface area contributed by atoms with Gasteiger partial charge in [0.1, 0.15) is 11.4 Å². The number of carbonyl (C=O) groups excluding carboxylic acids is 2. The number of benzene rings is 1. The van der Waals surface area contributed by atoms with Crippen LogP contribution in [-0.4, -0.2) is 55.6 Å². The Bertz CT molecular complexity index is 665. The molecule has 0 radical (unpaired) electrons. The summed E-state index contributed by atoms with van der Waals surface area (Å²) in [4.78, 5) is 27.3. The summed E-state index contributed by atoms with van der Waals surface area (Å²) in [6, 6.07) is 6.04. The summed E-state index contributed by atoms with van der Waals surface area (Å²) in [7, 11) is 1.57. The SMILES string of the molecule is COCCNC(=O)C1(Nc2cccc(F)c2)CCN(C(=O)C2CCC2)C1. The Morgan fingerprint density at radius 3 is 2.85 bits per heavy atom. The zero-order valence-corrected chi connectivity index (χ0v) is 15.1. The first-order valence-corrected chi connectivity index (χ1v) is 9.14. The van der Waals surface area contributed by atoms with Crippen molar-refractivity contribution in [3.63, 3.8) is 0 Å². The van der Waals surface area contributed by atoms with Gasteiger partial charge in [0.2, 0.25) is 11.8 Å². The van der Waals surface area contributed by atoms with E-state index in [2.05, 4.69) is 10.6 Å². The van der Waals surface area contributed by atoms with Crippen molar-refractivity contribution < 1.29 is 18.7 Å². The molecular weight excluding hydrogens is 337 g/mol. The minimum atomic E-state index is -0.957. The molecule has 0 aromatic heterocycles. The van der Waals surface area contributed by atoms with E-state index in [0.29, 0.717) is 31.8 Å². The van der Waals surface area contributed by atoms with Gasteiger partial charge in [0.25, 0.3) is 0 Å². The van der Waals surface area contributed by atoms with Crippen LogP contribution in [0.2, 0.25) is 0 Å². The van der Waals surface area contributed by atoms with Gasteiger partial charge in [-0.1, -0.05) is 12.5 Å². The fourth-order valence-corrected chi connectivity index (χ4v) is 3.53. The van der Waals surface area contributed by atoms with Crippen LogP contribution in [0.5, 0.6) is 0 Å². The second-order valence-corrected chi connectivity index (χ2v) is 7.10. The average Bonchev–Trinajstić information content (AvgIpc) is 2.99. The Morgan fingerprint density at radius 1 is 1.38 bits per heavy atom. The van der Waals surface area contributed by atoms with E-state index < -0.39 is 5.54 Å². The normalized spacial score (nSPS) is 22.8. The number of carbonyl (C=O) groups is 2. The highest BCUT2D eigenvalue weighted by Gasteiger charge is 2.47. The second kappa shape index (κ2) is 8.03. The van der Waals surface area contributed by atoms with Gasteiger partial charge in [-0.05, 0) is 37.5 Å². The van der Waals surface area contributed by atoms with Gasteiger partial charge in [-0.25, -0.2) is 4.39 Å². The third-order valence-electron chi connectivity index (χ3n) is 5.27. The van der Waals surface area contributed by atoms with Gasteiger partial charge in [-0.3, -0.25) is 9.59 Å². The monoisotopic (exact) mass is 363 g/mol. The van der Waals surface area contributed by atoms with Crippen molar-refractivity contribution in [1.29, 1.82) is 0 Å². The Morgan fingerprint density at radius 2 is 2.19 bits per heavy atom. The standard InChI is InChI=1S/C19H26FN3O3/c1-26-11-9-21-18(25)19(22-16-7-3-6-15(20)12-16)8-10-23(13-19)17(24)14-4-2-5-14/h3,6-7,12,14,22H,2,4-5,8-11,13H2,1H3,(H,21,25). The molecule has 2 N–H and O–H groups in total. The average molecular weight is 363 g/mol. The van der Waals surface area contributed by atoms with Crippen LogP contribution in [0.1, 0.15) is 25.7 Å². The molecule has 142 valence electrons. The summed E-state index contributed by atoms with van der Waals surface area (Å²) in [5.41, 5.74) is -0.425. The molecule has 1 aromatic rings. The fourth-order valence-electron chi connectivity index (χ4n) is 3.53. The zero-order chi connectivity index (χ0) is 18.6. The number of anilines is 1.